The summed E-state index contributed by atoms with van der Waals surface area (Å²) in [5.74, 6) is -0.0329. The molecule has 0 bridgehead atoms. The number of carbonyl (C=O) groups excluding carboxylic acids is 1. The van der Waals surface area contributed by atoms with Crippen molar-refractivity contribution < 1.29 is 18.3 Å². The number of halogens is 3. The van der Waals surface area contributed by atoms with Crippen LogP contribution in [0.4, 0.5) is 8.78 Å². The molecule has 0 aliphatic carbocycles. The second-order valence-electron chi connectivity index (χ2n) is 4.43. The fourth-order valence-corrected chi connectivity index (χ4v) is 2.29. The number of benzene rings is 1. The van der Waals surface area contributed by atoms with Crippen LogP contribution in [-0.4, -0.2) is 29.3 Å². The van der Waals surface area contributed by atoms with Crippen molar-refractivity contribution in [2.75, 3.05) is 6.54 Å². The number of rotatable bonds is 3. The molecule has 0 radical (unpaired) electrons. The molecule has 0 N–H and O–H groups in total. The molecule has 1 aromatic rings. The highest BCUT2D eigenvalue weighted by molar-refractivity contribution is 6.30. The number of ether oxygens (including phenoxy) is 1. The van der Waals surface area contributed by atoms with Crippen LogP contribution >= 0.6 is 11.6 Å². The topological polar surface area (TPSA) is 29.5 Å². The highest BCUT2D eigenvalue weighted by atomic mass is 35.5. The lowest BCUT2D eigenvalue weighted by molar-refractivity contribution is -0.131. The van der Waals surface area contributed by atoms with Crippen LogP contribution in [0.15, 0.2) is 18.2 Å². The molecule has 1 atom stereocenters. The van der Waals surface area contributed by atoms with Gasteiger partial charge in [-0.1, -0.05) is 6.07 Å². The Morgan fingerprint density at radius 3 is 2.79 bits per heavy atom. The fraction of sp³-hybridized carbons (Fsp3) is 0.462. The van der Waals surface area contributed by atoms with Gasteiger partial charge in [0.25, 0.3) is 0 Å². The predicted molar refractivity (Wildman–Crippen MR) is 67.5 cm³/mol. The standard InChI is InChI=1S/C13H14ClF2NO2/c1-8(14)12(18)17-5-4-9-2-3-11(19-13(15)16)6-10(9)7-17/h2-3,6,8,13H,4-5,7H2,1H3. The molecule has 0 fully saturated rings. The summed E-state index contributed by atoms with van der Waals surface area (Å²) in [5, 5.41) is -0.581. The van der Waals surface area contributed by atoms with Crippen molar-refractivity contribution >= 4 is 17.5 Å². The molecule has 1 aliphatic rings. The number of alkyl halides is 3. The molecule has 1 unspecified atom stereocenters. The molecule has 19 heavy (non-hydrogen) atoms. The summed E-state index contributed by atoms with van der Waals surface area (Å²) >= 11 is 5.77. The minimum atomic E-state index is -2.85. The van der Waals surface area contributed by atoms with Crippen LogP contribution in [0.3, 0.4) is 0 Å². The van der Waals surface area contributed by atoms with Gasteiger partial charge in [0, 0.05) is 13.1 Å². The number of amides is 1. The highest BCUT2D eigenvalue weighted by Gasteiger charge is 2.23. The van der Waals surface area contributed by atoms with Gasteiger partial charge in [-0.15, -0.1) is 11.6 Å². The zero-order chi connectivity index (χ0) is 14.0. The average Bonchev–Trinajstić information content (AvgIpc) is 2.36. The Balaban J connectivity index is 2.16. The van der Waals surface area contributed by atoms with Gasteiger partial charge < -0.3 is 9.64 Å². The summed E-state index contributed by atoms with van der Waals surface area (Å²) in [7, 11) is 0. The van der Waals surface area contributed by atoms with Crippen LogP contribution in [0.1, 0.15) is 18.1 Å². The minimum absolute atomic E-state index is 0.113. The molecular weight excluding hydrogens is 276 g/mol. The lowest BCUT2D eigenvalue weighted by Gasteiger charge is -2.30. The normalized spacial score (nSPS) is 16.2. The van der Waals surface area contributed by atoms with Gasteiger partial charge in [-0.2, -0.15) is 8.78 Å². The lowest BCUT2D eigenvalue weighted by atomic mass is 9.99. The Morgan fingerprint density at radius 1 is 1.42 bits per heavy atom. The molecule has 0 aromatic heterocycles. The van der Waals surface area contributed by atoms with Crippen LogP contribution in [-0.2, 0) is 17.8 Å². The second kappa shape index (κ2) is 5.74. The quantitative estimate of drug-likeness (QED) is 0.801. The molecular formula is C13H14ClF2NO2. The molecule has 1 aliphatic heterocycles. The summed E-state index contributed by atoms with van der Waals surface area (Å²) in [5.41, 5.74) is 1.88. The Kier molecular flexibility index (Phi) is 4.24. The fourth-order valence-electron chi connectivity index (χ4n) is 2.15. The Morgan fingerprint density at radius 2 is 2.16 bits per heavy atom. The summed E-state index contributed by atoms with van der Waals surface area (Å²) in [6.45, 7) is -0.249. The molecule has 0 spiro atoms. The van der Waals surface area contributed by atoms with Gasteiger partial charge in [0.1, 0.15) is 11.1 Å². The maximum absolute atomic E-state index is 12.2. The van der Waals surface area contributed by atoms with E-state index in [1.54, 1.807) is 24.0 Å². The summed E-state index contributed by atoms with van der Waals surface area (Å²) in [6.07, 6.45) is 0.694. The maximum atomic E-state index is 12.2. The van der Waals surface area contributed by atoms with Crippen molar-refractivity contribution in [1.82, 2.24) is 4.90 Å². The summed E-state index contributed by atoms with van der Waals surface area (Å²) in [4.78, 5) is 13.4. The Labute approximate surface area is 115 Å². The van der Waals surface area contributed by atoms with Crippen molar-refractivity contribution in [2.45, 2.75) is 31.9 Å². The molecule has 6 heteroatoms. The van der Waals surface area contributed by atoms with E-state index >= 15 is 0 Å². The zero-order valence-corrected chi connectivity index (χ0v) is 11.2. The maximum Gasteiger partial charge on any atom is 0.387 e. The van der Waals surface area contributed by atoms with E-state index in [-0.39, 0.29) is 11.7 Å². The van der Waals surface area contributed by atoms with Crippen LogP contribution < -0.4 is 4.74 Å². The first kappa shape index (κ1) is 14.1. The van der Waals surface area contributed by atoms with E-state index < -0.39 is 12.0 Å². The van der Waals surface area contributed by atoms with Crippen LogP contribution in [0, 0.1) is 0 Å². The summed E-state index contributed by atoms with van der Waals surface area (Å²) in [6, 6.07) is 4.84. The predicted octanol–water partition coefficient (Wildman–Crippen LogP) is 2.80. The number of fused-ring (bicyclic) bond motifs is 1. The molecule has 2 rings (SSSR count). The minimum Gasteiger partial charge on any atom is -0.435 e. The first-order chi connectivity index (χ1) is 8.97. The average molecular weight is 290 g/mol. The molecule has 0 saturated heterocycles. The third kappa shape index (κ3) is 3.35. The van der Waals surface area contributed by atoms with Gasteiger partial charge in [0.2, 0.25) is 5.91 Å². The van der Waals surface area contributed by atoms with Crippen molar-refractivity contribution in [3.8, 4) is 5.75 Å². The van der Waals surface area contributed by atoms with Gasteiger partial charge in [-0.25, -0.2) is 0 Å². The van der Waals surface area contributed by atoms with Crippen LogP contribution in [0.5, 0.6) is 5.75 Å². The monoisotopic (exact) mass is 289 g/mol. The van der Waals surface area contributed by atoms with E-state index in [1.807, 2.05) is 0 Å². The Hall–Kier alpha value is -1.36. The van der Waals surface area contributed by atoms with Gasteiger partial charge in [0.05, 0.1) is 0 Å². The van der Waals surface area contributed by atoms with Crippen molar-refractivity contribution in [3.05, 3.63) is 29.3 Å². The van der Waals surface area contributed by atoms with E-state index in [1.165, 1.54) is 6.07 Å². The largest absolute Gasteiger partial charge is 0.435 e. The second-order valence-corrected chi connectivity index (χ2v) is 5.09. The zero-order valence-electron chi connectivity index (χ0n) is 10.4. The van der Waals surface area contributed by atoms with Gasteiger partial charge in [0.15, 0.2) is 0 Å². The third-order valence-corrected chi connectivity index (χ3v) is 3.25. The van der Waals surface area contributed by atoms with E-state index in [0.717, 1.165) is 11.1 Å². The summed E-state index contributed by atoms with van der Waals surface area (Å²) < 4.78 is 28.7. The van der Waals surface area contributed by atoms with E-state index in [0.29, 0.717) is 19.5 Å². The molecule has 104 valence electrons. The van der Waals surface area contributed by atoms with Crippen molar-refractivity contribution in [2.24, 2.45) is 0 Å². The first-order valence-electron chi connectivity index (χ1n) is 5.97. The SMILES string of the molecule is CC(Cl)C(=O)N1CCc2ccc(OC(F)F)cc2C1. The van der Waals surface area contributed by atoms with E-state index in [9.17, 15) is 13.6 Å². The smallest absolute Gasteiger partial charge is 0.387 e. The van der Waals surface area contributed by atoms with Crippen molar-refractivity contribution in [3.63, 3.8) is 0 Å². The van der Waals surface area contributed by atoms with Crippen LogP contribution in [0.2, 0.25) is 0 Å². The number of hydrogen-bond acceptors (Lipinski definition) is 2. The van der Waals surface area contributed by atoms with Crippen LogP contribution in [0.25, 0.3) is 0 Å². The molecule has 3 nitrogen and oxygen atoms in total. The van der Waals surface area contributed by atoms with E-state index in [2.05, 4.69) is 4.74 Å². The van der Waals surface area contributed by atoms with Gasteiger partial charge in [-0.05, 0) is 36.6 Å². The van der Waals surface area contributed by atoms with Gasteiger partial charge in [-0.3, -0.25) is 4.79 Å². The highest BCUT2D eigenvalue weighted by Crippen LogP contribution is 2.25. The molecule has 1 aromatic carbocycles. The van der Waals surface area contributed by atoms with Gasteiger partial charge >= 0.3 is 6.61 Å². The molecule has 1 heterocycles. The Bertz CT molecular complexity index is 480. The molecule has 0 saturated carbocycles. The lowest BCUT2D eigenvalue weighted by Crippen LogP contribution is -2.39. The third-order valence-electron chi connectivity index (χ3n) is 3.07. The number of nitrogens with zero attached hydrogens (tertiary/aromatic N) is 1. The first-order valence-corrected chi connectivity index (χ1v) is 6.40. The number of hydrogen-bond donors (Lipinski definition) is 0. The van der Waals surface area contributed by atoms with Crippen molar-refractivity contribution in [1.29, 1.82) is 0 Å². The van der Waals surface area contributed by atoms with E-state index in [4.69, 9.17) is 11.6 Å². The molecule has 1 amide bonds. The number of carbonyl (C=O) groups is 1.